The van der Waals surface area contributed by atoms with Crippen LogP contribution in [0, 0.1) is 10.1 Å². The van der Waals surface area contributed by atoms with E-state index in [4.69, 9.17) is 0 Å². The van der Waals surface area contributed by atoms with Crippen LogP contribution in [0.4, 0.5) is 5.69 Å². The summed E-state index contributed by atoms with van der Waals surface area (Å²) >= 11 is 3.24. The van der Waals surface area contributed by atoms with Gasteiger partial charge in [-0.05, 0) is 45.7 Å². The summed E-state index contributed by atoms with van der Waals surface area (Å²) in [7, 11) is 4.05. The Bertz CT molecular complexity index is 410. The van der Waals surface area contributed by atoms with Gasteiger partial charge in [0.25, 0.3) is 5.69 Å². The van der Waals surface area contributed by atoms with Crippen molar-refractivity contribution in [3.05, 3.63) is 38.3 Å². The quantitative estimate of drug-likeness (QED) is 0.477. The van der Waals surface area contributed by atoms with E-state index in [-0.39, 0.29) is 10.6 Å². The lowest BCUT2D eigenvalue weighted by Crippen LogP contribution is -2.21. The van der Waals surface area contributed by atoms with E-state index in [9.17, 15) is 10.1 Å². The van der Waals surface area contributed by atoms with Gasteiger partial charge in [-0.3, -0.25) is 10.1 Å². The molecule has 0 saturated heterocycles. The fourth-order valence-corrected chi connectivity index (χ4v) is 1.95. The third kappa shape index (κ3) is 5.12. The van der Waals surface area contributed by atoms with Crippen LogP contribution in [0.25, 0.3) is 0 Å². The van der Waals surface area contributed by atoms with Crippen LogP contribution in [0.3, 0.4) is 0 Å². The summed E-state index contributed by atoms with van der Waals surface area (Å²) in [5, 5.41) is 14.1. The van der Waals surface area contributed by atoms with Gasteiger partial charge in [-0.2, -0.15) is 0 Å². The lowest BCUT2D eigenvalue weighted by Gasteiger charge is -2.10. The standard InChI is InChI=1S/C12H18BrN3O2/c1-15(2)7-3-6-14-9-10-4-5-11(13)8-12(10)16(17)18/h4-5,8,14H,3,6-7,9H2,1-2H3. The van der Waals surface area contributed by atoms with Gasteiger partial charge < -0.3 is 10.2 Å². The summed E-state index contributed by atoms with van der Waals surface area (Å²) in [6, 6.07) is 5.14. The number of nitrogens with one attached hydrogen (secondary N) is 1. The second-order valence-electron chi connectivity index (χ2n) is 4.36. The minimum Gasteiger partial charge on any atom is -0.312 e. The molecule has 1 aromatic rings. The Balaban J connectivity index is 2.49. The van der Waals surface area contributed by atoms with Crippen LogP contribution >= 0.6 is 15.9 Å². The molecule has 0 amide bonds. The molecule has 0 saturated carbocycles. The Morgan fingerprint density at radius 2 is 2.17 bits per heavy atom. The lowest BCUT2D eigenvalue weighted by atomic mass is 10.2. The summed E-state index contributed by atoms with van der Waals surface area (Å²) in [5.41, 5.74) is 0.873. The number of halogens is 1. The molecule has 0 bridgehead atoms. The van der Waals surface area contributed by atoms with Crippen LogP contribution in [0.5, 0.6) is 0 Å². The molecule has 0 radical (unpaired) electrons. The van der Waals surface area contributed by atoms with Crippen molar-refractivity contribution < 1.29 is 4.92 Å². The third-order valence-electron chi connectivity index (χ3n) is 2.52. The number of hydrogen-bond acceptors (Lipinski definition) is 4. The van der Waals surface area contributed by atoms with Gasteiger partial charge >= 0.3 is 0 Å². The summed E-state index contributed by atoms with van der Waals surface area (Å²) in [5.74, 6) is 0. The second-order valence-corrected chi connectivity index (χ2v) is 5.28. The van der Waals surface area contributed by atoms with E-state index in [1.54, 1.807) is 6.07 Å². The van der Waals surface area contributed by atoms with Gasteiger partial charge in [0.05, 0.1) is 4.92 Å². The monoisotopic (exact) mass is 315 g/mol. The van der Waals surface area contributed by atoms with Crippen molar-refractivity contribution in [3.63, 3.8) is 0 Å². The SMILES string of the molecule is CN(C)CCCNCc1ccc(Br)cc1[N+](=O)[O-]. The molecule has 0 aliphatic rings. The average molecular weight is 316 g/mol. The molecule has 1 N–H and O–H groups in total. The van der Waals surface area contributed by atoms with Gasteiger partial charge in [-0.1, -0.05) is 15.9 Å². The zero-order valence-corrected chi connectivity index (χ0v) is 12.2. The van der Waals surface area contributed by atoms with E-state index in [1.165, 1.54) is 6.07 Å². The van der Waals surface area contributed by atoms with Crippen LogP contribution in [-0.4, -0.2) is 37.0 Å². The van der Waals surface area contributed by atoms with Crippen molar-refractivity contribution in [2.24, 2.45) is 0 Å². The Hall–Kier alpha value is -0.980. The molecular formula is C12H18BrN3O2. The molecule has 100 valence electrons. The fraction of sp³-hybridized carbons (Fsp3) is 0.500. The van der Waals surface area contributed by atoms with Crippen molar-refractivity contribution in [1.82, 2.24) is 10.2 Å². The van der Waals surface area contributed by atoms with E-state index in [0.717, 1.165) is 24.0 Å². The van der Waals surface area contributed by atoms with Crippen LogP contribution in [0.1, 0.15) is 12.0 Å². The smallest absolute Gasteiger partial charge is 0.275 e. The van der Waals surface area contributed by atoms with Gasteiger partial charge in [0.1, 0.15) is 0 Å². The highest BCUT2D eigenvalue weighted by Gasteiger charge is 2.13. The molecule has 0 unspecified atom stereocenters. The van der Waals surface area contributed by atoms with Gasteiger partial charge in [0.15, 0.2) is 0 Å². The Labute approximate surface area is 115 Å². The minimum absolute atomic E-state index is 0.157. The Morgan fingerprint density at radius 1 is 1.44 bits per heavy atom. The average Bonchev–Trinajstić information content (AvgIpc) is 2.29. The number of nitro benzene ring substituents is 1. The van der Waals surface area contributed by atoms with Gasteiger partial charge in [0, 0.05) is 22.6 Å². The van der Waals surface area contributed by atoms with Crippen molar-refractivity contribution in [2.45, 2.75) is 13.0 Å². The Kier molecular flexibility index (Phi) is 6.24. The topological polar surface area (TPSA) is 58.4 Å². The van der Waals surface area contributed by atoms with Crippen LogP contribution in [0.15, 0.2) is 22.7 Å². The molecule has 0 aliphatic heterocycles. The first-order valence-corrected chi connectivity index (χ1v) is 6.58. The number of nitro groups is 1. The molecule has 18 heavy (non-hydrogen) atoms. The number of nitrogens with zero attached hydrogens (tertiary/aromatic N) is 2. The maximum absolute atomic E-state index is 10.9. The first-order chi connectivity index (χ1) is 8.50. The van der Waals surface area contributed by atoms with E-state index >= 15 is 0 Å². The van der Waals surface area contributed by atoms with Crippen LogP contribution in [0.2, 0.25) is 0 Å². The molecule has 5 nitrogen and oxygen atoms in total. The van der Waals surface area contributed by atoms with E-state index in [2.05, 4.69) is 26.1 Å². The molecule has 6 heteroatoms. The van der Waals surface area contributed by atoms with Crippen molar-refractivity contribution in [1.29, 1.82) is 0 Å². The lowest BCUT2D eigenvalue weighted by molar-refractivity contribution is -0.385. The van der Waals surface area contributed by atoms with Crippen molar-refractivity contribution in [2.75, 3.05) is 27.2 Å². The molecule has 0 spiro atoms. The van der Waals surface area contributed by atoms with Gasteiger partial charge in [0.2, 0.25) is 0 Å². The molecule has 0 heterocycles. The molecular weight excluding hydrogens is 298 g/mol. The van der Waals surface area contributed by atoms with Crippen LogP contribution in [-0.2, 0) is 6.54 Å². The largest absolute Gasteiger partial charge is 0.312 e. The molecule has 0 aliphatic carbocycles. The summed E-state index contributed by atoms with van der Waals surface area (Å²) in [4.78, 5) is 12.7. The van der Waals surface area contributed by atoms with Gasteiger partial charge in [-0.15, -0.1) is 0 Å². The normalized spacial score (nSPS) is 10.9. The van der Waals surface area contributed by atoms with Crippen LogP contribution < -0.4 is 5.32 Å². The van der Waals surface area contributed by atoms with E-state index < -0.39 is 0 Å². The highest BCUT2D eigenvalue weighted by Crippen LogP contribution is 2.23. The molecule has 1 rings (SSSR count). The summed E-state index contributed by atoms with van der Waals surface area (Å²) < 4.78 is 0.727. The maximum Gasteiger partial charge on any atom is 0.275 e. The third-order valence-corrected chi connectivity index (χ3v) is 3.01. The van der Waals surface area contributed by atoms with Gasteiger partial charge in [-0.25, -0.2) is 0 Å². The number of rotatable bonds is 7. The van der Waals surface area contributed by atoms with Crippen molar-refractivity contribution in [3.8, 4) is 0 Å². The zero-order valence-electron chi connectivity index (χ0n) is 10.6. The number of benzene rings is 1. The first kappa shape index (κ1) is 15.1. The highest BCUT2D eigenvalue weighted by molar-refractivity contribution is 9.10. The highest BCUT2D eigenvalue weighted by atomic mass is 79.9. The zero-order chi connectivity index (χ0) is 13.5. The summed E-state index contributed by atoms with van der Waals surface area (Å²) in [6.45, 7) is 2.39. The predicted molar refractivity (Wildman–Crippen MR) is 75.7 cm³/mol. The molecule has 0 fully saturated rings. The maximum atomic E-state index is 10.9. The molecule has 0 atom stereocenters. The van der Waals surface area contributed by atoms with Crippen molar-refractivity contribution >= 4 is 21.6 Å². The summed E-state index contributed by atoms with van der Waals surface area (Å²) in [6.07, 6.45) is 1.03. The molecule has 1 aromatic carbocycles. The first-order valence-electron chi connectivity index (χ1n) is 5.79. The van der Waals surface area contributed by atoms with E-state index in [1.807, 2.05) is 20.2 Å². The number of hydrogen-bond donors (Lipinski definition) is 1. The Morgan fingerprint density at radius 3 is 2.78 bits per heavy atom. The van der Waals surface area contributed by atoms with E-state index in [0.29, 0.717) is 12.1 Å². The molecule has 0 aromatic heterocycles. The predicted octanol–water partition coefficient (Wildman–Crippen LogP) is 2.40. The second kappa shape index (κ2) is 7.45. The minimum atomic E-state index is -0.346. The fourth-order valence-electron chi connectivity index (χ4n) is 1.60.